The second-order valence-corrected chi connectivity index (χ2v) is 12.7. The fraction of sp³-hybridized carbons (Fsp3) is 0.361. The van der Waals surface area contributed by atoms with E-state index in [1.54, 1.807) is 4.68 Å². The highest BCUT2D eigenvalue weighted by Crippen LogP contribution is 2.37. The molecular formula is C36H43N5O2. The van der Waals surface area contributed by atoms with Crippen LogP contribution in [0.15, 0.2) is 84.9 Å². The van der Waals surface area contributed by atoms with Crippen molar-refractivity contribution in [2.45, 2.75) is 64.7 Å². The highest BCUT2D eigenvalue weighted by atomic mass is 16.2. The average Bonchev–Trinajstić information content (AvgIpc) is 3.42. The summed E-state index contributed by atoms with van der Waals surface area (Å²) in [4.78, 5) is 27.4. The molecule has 0 spiro atoms. The number of hydrogen-bond donors (Lipinski definition) is 3. The van der Waals surface area contributed by atoms with Gasteiger partial charge in [-0.05, 0) is 74.2 Å². The monoisotopic (exact) mass is 577 g/mol. The van der Waals surface area contributed by atoms with Crippen molar-refractivity contribution in [1.82, 2.24) is 15.1 Å². The van der Waals surface area contributed by atoms with Crippen molar-refractivity contribution in [2.24, 2.45) is 5.92 Å². The summed E-state index contributed by atoms with van der Waals surface area (Å²) in [6.45, 7) is 12.2. The fourth-order valence-corrected chi connectivity index (χ4v) is 5.83. The summed E-state index contributed by atoms with van der Waals surface area (Å²) in [5, 5.41) is 14.3. The van der Waals surface area contributed by atoms with Crippen molar-refractivity contribution in [1.29, 1.82) is 0 Å². The molecular weight excluding hydrogens is 534 g/mol. The Morgan fingerprint density at radius 3 is 2.23 bits per heavy atom. The number of carbonyl (C=O) groups is 2. The summed E-state index contributed by atoms with van der Waals surface area (Å²) < 4.78 is 1.77. The van der Waals surface area contributed by atoms with Crippen LogP contribution in [-0.4, -0.2) is 34.7 Å². The van der Waals surface area contributed by atoms with E-state index in [0.717, 1.165) is 54.0 Å². The molecule has 1 saturated heterocycles. The van der Waals surface area contributed by atoms with Crippen molar-refractivity contribution >= 4 is 23.3 Å². The number of hydrogen-bond acceptors (Lipinski definition) is 4. The van der Waals surface area contributed by atoms with Gasteiger partial charge in [-0.2, -0.15) is 5.10 Å². The Balaban J connectivity index is 1.39. The van der Waals surface area contributed by atoms with E-state index < -0.39 is 0 Å². The van der Waals surface area contributed by atoms with Gasteiger partial charge in [-0.25, -0.2) is 9.48 Å². The van der Waals surface area contributed by atoms with Gasteiger partial charge in [-0.1, -0.05) is 87.9 Å². The van der Waals surface area contributed by atoms with Crippen LogP contribution in [0.3, 0.4) is 0 Å². The zero-order chi connectivity index (χ0) is 30.6. The Morgan fingerprint density at radius 2 is 1.56 bits per heavy atom. The first kappa shape index (κ1) is 30.2. The SMILES string of the molecule is Cc1ccc(-n2nc(C(C)(C)C)cc2NC(=O)Nc2cccc(C(C(=O)C(C)c3ccccc3)C3CCNCC3)c2)cc1. The molecule has 0 saturated carbocycles. The maximum absolute atomic E-state index is 14.1. The number of rotatable bonds is 8. The number of urea groups is 1. The van der Waals surface area contributed by atoms with E-state index in [-0.39, 0.29) is 35.0 Å². The zero-order valence-electron chi connectivity index (χ0n) is 25.9. The molecule has 3 N–H and O–H groups in total. The molecule has 7 heteroatoms. The van der Waals surface area contributed by atoms with Gasteiger partial charge in [0.2, 0.25) is 0 Å². The lowest BCUT2D eigenvalue weighted by Crippen LogP contribution is -2.35. The molecule has 1 aliphatic rings. The van der Waals surface area contributed by atoms with Crippen LogP contribution in [0.1, 0.15) is 74.8 Å². The van der Waals surface area contributed by atoms with E-state index in [1.807, 2.05) is 98.8 Å². The summed E-state index contributed by atoms with van der Waals surface area (Å²) in [5.74, 6) is 0.571. The van der Waals surface area contributed by atoms with Crippen LogP contribution in [0.25, 0.3) is 5.69 Å². The first-order valence-electron chi connectivity index (χ1n) is 15.2. The molecule has 0 bridgehead atoms. The minimum atomic E-state index is -0.367. The van der Waals surface area contributed by atoms with Crippen LogP contribution in [0, 0.1) is 12.8 Å². The van der Waals surface area contributed by atoms with E-state index >= 15 is 0 Å². The molecule has 43 heavy (non-hydrogen) atoms. The Bertz CT molecular complexity index is 1550. The number of carbonyl (C=O) groups excluding carboxylic acids is 2. The van der Waals surface area contributed by atoms with Gasteiger partial charge in [0.15, 0.2) is 0 Å². The molecule has 1 aliphatic heterocycles. The third-order valence-corrected chi connectivity index (χ3v) is 8.39. The predicted molar refractivity (Wildman–Crippen MR) is 174 cm³/mol. The number of benzene rings is 3. The molecule has 7 nitrogen and oxygen atoms in total. The summed E-state index contributed by atoms with van der Waals surface area (Å²) in [6.07, 6.45) is 1.88. The number of aromatic nitrogens is 2. The fourth-order valence-electron chi connectivity index (χ4n) is 5.83. The number of piperidine rings is 1. The topological polar surface area (TPSA) is 88.1 Å². The number of nitrogens with zero attached hydrogens (tertiary/aromatic N) is 2. The molecule has 2 heterocycles. The number of Topliss-reactive ketones (excluding diaryl/α,β-unsaturated/α-hetero) is 1. The number of anilines is 2. The molecule has 2 unspecified atom stereocenters. The molecule has 224 valence electrons. The standard InChI is InChI=1S/C36H43N5O2/c1-24-14-16-30(17-15-24)41-32(23-31(40-41)36(3,4)5)39-35(43)38-29-13-9-12-28(22-29)33(27-18-20-37-21-19-27)34(42)25(2)26-10-7-6-8-11-26/h6-17,22-23,25,27,33,37H,18-21H2,1-5H3,(H2,38,39,43). The van der Waals surface area contributed by atoms with Gasteiger partial charge in [-0.15, -0.1) is 0 Å². The number of amides is 2. The third kappa shape index (κ3) is 7.23. The molecule has 2 amide bonds. The normalized spacial score (nSPS) is 15.5. The van der Waals surface area contributed by atoms with Crippen LogP contribution in [0.2, 0.25) is 0 Å². The van der Waals surface area contributed by atoms with Crippen molar-refractivity contribution in [3.63, 3.8) is 0 Å². The van der Waals surface area contributed by atoms with Gasteiger partial charge in [-0.3, -0.25) is 10.1 Å². The minimum Gasteiger partial charge on any atom is -0.317 e. The molecule has 3 aromatic carbocycles. The Labute approximate surface area is 255 Å². The third-order valence-electron chi connectivity index (χ3n) is 8.39. The Hall–Kier alpha value is -4.23. The maximum Gasteiger partial charge on any atom is 0.324 e. The molecule has 5 rings (SSSR count). The lowest BCUT2D eigenvalue weighted by atomic mass is 9.74. The maximum atomic E-state index is 14.1. The number of nitrogens with one attached hydrogen (secondary N) is 3. The molecule has 0 radical (unpaired) electrons. The van der Waals surface area contributed by atoms with Gasteiger partial charge >= 0.3 is 6.03 Å². The van der Waals surface area contributed by atoms with E-state index in [0.29, 0.717) is 11.5 Å². The smallest absolute Gasteiger partial charge is 0.317 e. The largest absolute Gasteiger partial charge is 0.324 e. The number of aryl methyl sites for hydroxylation is 1. The average molecular weight is 578 g/mol. The lowest BCUT2D eigenvalue weighted by Gasteiger charge is -2.32. The first-order valence-corrected chi connectivity index (χ1v) is 15.2. The second-order valence-electron chi connectivity index (χ2n) is 12.7. The van der Waals surface area contributed by atoms with E-state index in [1.165, 1.54) is 0 Å². The quantitative estimate of drug-likeness (QED) is 0.201. The summed E-state index contributed by atoms with van der Waals surface area (Å²) >= 11 is 0. The van der Waals surface area contributed by atoms with Crippen LogP contribution in [0.5, 0.6) is 0 Å². The summed E-state index contributed by atoms with van der Waals surface area (Å²) in [7, 11) is 0. The molecule has 1 aromatic heterocycles. The molecule has 1 fully saturated rings. The molecule has 2 atom stereocenters. The van der Waals surface area contributed by atoms with Crippen LogP contribution < -0.4 is 16.0 Å². The molecule has 4 aromatic rings. The van der Waals surface area contributed by atoms with Crippen LogP contribution >= 0.6 is 0 Å². The Morgan fingerprint density at radius 1 is 0.884 bits per heavy atom. The number of ketones is 1. The van der Waals surface area contributed by atoms with Gasteiger partial charge in [0.1, 0.15) is 11.6 Å². The second kappa shape index (κ2) is 13.0. The van der Waals surface area contributed by atoms with Crippen molar-refractivity contribution in [3.8, 4) is 5.69 Å². The first-order chi connectivity index (χ1) is 20.6. The van der Waals surface area contributed by atoms with E-state index in [9.17, 15) is 9.59 Å². The van der Waals surface area contributed by atoms with Gasteiger partial charge in [0.05, 0.1) is 11.4 Å². The highest BCUT2D eigenvalue weighted by Gasteiger charge is 2.34. The zero-order valence-corrected chi connectivity index (χ0v) is 25.9. The summed E-state index contributed by atoms with van der Waals surface area (Å²) in [6, 6.07) is 27.4. The molecule has 0 aliphatic carbocycles. The van der Waals surface area contributed by atoms with Crippen LogP contribution in [-0.2, 0) is 10.2 Å². The van der Waals surface area contributed by atoms with Gasteiger partial charge < -0.3 is 10.6 Å². The lowest BCUT2D eigenvalue weighted by molar-refractivity contribution is -0.123. The minimum absolute atomic E-state index is 0.190. The summed E-state index contributed by atoms with van der Waals surface area (Å²) in [5.41, 5.74) is 5.32. The van der Waals surface area contributed by atoms with Gasteiger partial charge in [0, 0.05) is 29.0 Å². The Kier molecular flexibility index (Phi) is 9.11. The van der Waals surface area contributed by atoms with Crippen molar-refractivity contribution in [3.05, 3.63) is 107 Å². The van der Waals surface area contributed by atoms with E-state index in [2.05, 4.69) is 36.7 Å². The highest BCUT2D eigenvalue weighted by molar-refractivity contribution is 5.99. The van der Waals surface area contributed by atoms with Gasteiger partial charge in [0.25, 0.3) is 0 Å². The van der Waals surface area contributed by atoms with E-state index in [4.69, 9.17) is 5.10 Å². The van der Waals surface area contributed by atoms with Crippen molar-refractivity contribution in [2.75, 3.05) is 23.7 Å². The van der Waals surface area contributed by atoms with Crippen molar-refractivity contribution < 1.29 is 9.59 Å². The predicted octanol–water partition coefficient (Wildman–Crippen LogP) is 7.58. The van der Waals surface area contributed by atoms with Crippen LogP contribution in [0.4, 0.5) is 16.3 Å².